The first-order chi connectivity index (χ1) is 9.76. The van der Waals surface area contributed by atoms with Crippen LogP contribution in [0.1, 0.15) is 32.3 Å². The fraction of sp³-hybridized carbons (Fsp3) is 0.467. The van der Waals surface area contributed by atoms with Crippen LogP contribution in [-0.4, -0.2) is 32.0 Å². The minimum atomic E-state index is -0.182. The molecule has 0 radical (unpaired) electrons. The van der Waals surface area contributed by atoms with Crippen LogP contribution in [0.3, 0.4) is 0 Å². The van der Waals surface area contributed by atoms with Crippen LogP contribution in [0.25, 0.3) is 0 Å². The van der Waals surface area contributed by atoms with Gasteiger partial charge in [0.15, 0.2) is 0 Å². The molecule has 0 aromatic heterocycles. The van der Waals surface area contributed by atoms with Gasteiger partial charge in [0, 0.05) is 6.42 Å². The van der Waals surface area contributed by atoms with E-state index in [9.17, 15) is 4.79 Å². The molecule has 5 nitrogen and oxygen atoms in total. The maximum atomic E-state index is 11.1. The summed E-state index contributed by atoms with van der Waals surface area (Å²) in [5.74, 6) is 0.584. The van der Waals surface area contributed by atoms with Crippen molar-refractivity contribution in [2.24, 2.45) is 5.16 Å². The molecule has 0 aliphatic heterocycles. The van der Waals surface area contributed by atoms with E-state index >= 15 is 0 Å². The lowest BCUT2D eigenvalue weighted by molar-refractivity contribution is -0.143. The summed E-state index contributed by atoms with van der Waals surface area (Å²) >= 11 is 0. The van der Waals surface area contributed by atoms with Gasteiger partial charge >= 0.3 is 5.97 Å². The van der Waals surface area contributed by atoms with E-state index in [4.69, 9.17) is 14.3 Å². The highest BCUT2D eigenvalue weighted by Crippen LogP contribution is 2.11. The molecule has 20 heavy (non-hydrogen) atoms. The van der Waals surface area contributed by atoms with Crippen LogP contribution in [0.5, 0.6) is 5.75 Å². The first-order valence-corrected chi connectivity index (χ1v) is 6.80. The summed E-state index contributed by atoms with van der Waals surface area (Å²) in [6, 6.07) is 7.50. The van der Waals surface area contributed by atoms with Crippen molar-refractivity contribution in [3.63, 3.8) is 0 Å². The second kappa shape index (κ2) is 9.83. The number of ether oxygens (including phenoxy) is 2. The van der Waals surface area contributed by atoms with Crippen molar-refractivity contribution in [2.45, 2.75) is 26.7 Å². The van der Waals surface area contributed by atoms with E-state index in [1.165, 1.54) is 0 Å². The topological polar surface area (TPSA) is 57.1 Å². The maximum absolute atomic E-state index is 11.1. The first kappa shape index (κ1) is 16.0. The smallest absolute Gasteiger partial charge is 0.305 e. The Labute approximate surface area is 119 Å². The highest BCUT2D eigenvalue weighted by Gasteiger charge is 2.01. The Morgan fingerprint density at radius 1 is 1.20 bits per heavy atom. The van der Waals surface area contributed by atoms with Crippen molar-refractivity contribution in [3.8, 4) is 5.75 Å². The van der Waals surface area contributed by atoms with Crippen LogP contribution in [0.2, 0.25) is 0 Å². The molecule has 1 rings (SSSR count). The van der Waals surface area contributed by atoms with E-state index in [0.717, 1.165) is 11.3 Å². The van der Waals surface area contributed by atoms with E-state index < -0.39 is 0 Å². The van der Waals surface area contributed by atoms with Gasteiger partial charge in [0.2, 0.25) is 0 Å². The summed E-state index contributed by atoms with van der Waals surface area (Å²) in [5, 5.41) is 3.78. The minimum absolute atomic E-state index is 0.182. The molecule has 5 heteroatoms. The quantitative estimate of drug-likeness (QED) is 0.302. The average molecular weight is 279 g/mol. The molecule has 0 spiro atoms. The third-order valence-electron chi connectivity index (χ3n) is 2.38. The summed E-state index contributed by atoms with van der Waals surface area (Å²) in [6.07, 6.45) is 2.67. The lowest BCUT2D eigenvalue weighted by atomic mass is 10.2. The standard InChI is InChI=1S/C15H21NO4/c1-3-18-15(17)6-5-11-19-14-9-7-13(8-10-14)12-16-20-4-2/h7-10,12H,3-6,11H2,1-2H3/b16-12+. The fourth-order valence-electron chi connectivity index (χ4n) is 1.46. The van der Waals surface area contributed by atoms with Gasteiger partial charge in [-0.1, -0.05) is 5.16 Å². The number of hydrogen-bond acceptors (Lipinski definition) is 5. The number of rotatable bonds is 9. The van der Waals surface area contributed by atoms with Crippen LogP contribution in [0.15, 0.2) is 29.4 Å². The molecule has 110 valence electrons. The second-order valence-corrected chi connectivity index (χ2v) is 3.98. The van der Waals surface area contributed by atoms with Crippen molar-refractivity contribution >= 4 is 12.2 Å². The molecule has 0 aliphatic carbocycles. The Balaban J connectivity index is 2.26. The lowest BCUT2D eigenvalue weighted by Crippen LogP contribution is -2.06. The molecule has 0 fully saturated rings. The average Bonchev–Trinajstić information content (AvgIpc) is 2.46. The molecule has 0 unspecified atom stereocenters. The zero-order valence-corrected chi connectivity index (χ0v) is 12.0. The molecule has 0 heterocycles. The van der Waals surface area contributed by atoms with Crippen LogP contribution < -0.4 is 4.74 Å². The van der Waals surface area contributed by atoms with Gasteiger partial charge < -0.3 is 14.3 Å². The maximum Gasteiger partial charge on any atom is 0.305 e. The third kappa shape index (κ3) is 6.78. The van der Waals surface area contributed by atoms with Gasteiger partial charge in [0.05, 0.1) is 19.4 Å². The largest absolute Gasteiger partial charge is 0.494 e. The second-order valence-electron chi connectivity index (χ2n) is 3.98. The predicted octanol–water partition coefficient (Wildman–Crippen LogP) is 2.78. The first-order valence-electron chi connectivity index (χ1n) is 6.80. The van der Waals surface area contributed by atoms with Crippen LogP contribution in [-0.2, 0) is 14.4 Å². The van der Waals surface area contributed by atoms with Gasteiger partial charge in [-0.05, 0) is 50.1 Å². The molecule has 0 N–H and O–H groups in total. The molecular weight excluding hydrogens is 258 g/mol. The summed E-state index contributed by atoms with van der Waals surface area (Å²) in [7, 11) is 0. The summed E-state index contributed by atoms with van der Waals surface area (Å²) in [4.78, 5) is 16.0. The van der Waals surface area contributed by atoms with E-state index in [2.05, 4.69) is 5.16 Å². The van der Waals surface area contributed by atoms with E-state index in [1.54, 1.807) is 13.1 Å². The Kier molecular flexibility index (Phi) is 7.87. The molecule has 0 bridgehead atoms. The van der Waals surface area contributed by atoms with E-state index in [0.29, 0.717) is 32.7 Å². The number of hydrogen-bond donors (Lipinski definition) is 0. The Bertz CT molecular complexity index is 414. The number of esters is 1. The molecule has 0 saturated heterocycles. The molecule has 1 aromatic carbocycles. The van der Waals surface area contributed by atoms with E-state index in [-0.39, 0.29) is 5.97 Å². The van der Waals surface area contributed by atoms with Crippen molar-refractivity contribution in [1.82, 2.24) is 0 Å². The zero-order valence-electron chi connectivity index (χ0n) is 12.0. The highest BCUT2D eigenvalue weighted by atomic mass is 16.6. The molecule has 0 saturated carbocycles. The summed E-state index contributed by atoms with van der Waals surface area (Å²) in [6.45, 7) is 5.14. The Morgan fingerprint density at radius 3 is 2.60 bits per heavy atom. The molecule has 0 amide bonds. The molecule has 0 aliphatic rings. The van der Waals surface area contributed by atoms with Crippen molar-refractivity contribution < 1.29 is 19.1 Å². The van der Waals surface area contributed by atoms with Crippen LogP contribution >= 0.6 is 0 Å². The molecular formula is C15H21NO4. The lowest BCUT2D eigenvalue weighted by Gasteiger charge is -2.06. The predicted molar refractivity (Wildman–Crippen MR) is 77.0 cm³/mol. The van der Waals surface area contributed by atoms with E-state index in [1.807, 2.05) is 31.2 Å². The highest BCUT2D eigenvalue weighted by molar-refractivity contribution is 5.79. The molecule has 0 atom stereocenters. The summed E-state index contributed by atoms with van der Waals surface area (Å²) < 4.78 is 10.4. The number of benzene rings is 1. The van der Waals surface area contributed by atoms with Crippen molar-refractivity contribution in [2.75, 3.05) is 19.8 Å². The van der Waals surface area contributed by atoms with Crippen molar-refractivity contribution in [1.29, 1.82) is 0 Å². The van der Waals surface area contributed by atoms with Crippen molar-refractivity contribution in [3.05, 3.63) is 29.8 Å². The van der Waals surface area contributed by atoms with Gasteiger partial charge in [0.25, 0.3) is 0 Å². The number of nitrogens with zero attached hydrogens (tertiary/aromatic N) is 1. The van der Waals surface area contributed by atoms with Gasteiger partial charge in [-0.3, -0.25) is 4.79 Å². The minimum Gasteiger partial charge on any atom is -0.494 e. The van der Waals surface area contributed by atoms with Gasteiger partial charge in [-0.2, -0.15) is 0 Å². The normalized spacial score (nSPS) is 10.5. The number of carbonyl (C=O) groups excluding carboxylic acids is 1. The van der Waals surface area contributed by atoms with Crippen LogP contribution in [0, 0.1) is 0 Å². The Morgan fingerprint density at radius 2 is 1.95 bits per heavy atom. The monoisotopic (exact) mass is 279 g/mol. The summed E-state index contributed by atoms with van der Waals surface area (Å²) in [5.41, 5.74) is 0.942. The number of oxime groups is 1. The van der Waals surface area contributed by atoms with Crippen LogP contribution in [0.4, 0.5) is 0 Å². The zero-order chi connectivity index (χ0) is 14.6. The molecule has 1 aromatic rings. The van der Waals surface area contributed by atoms with Gasteiger partial charge in [-0.25, -0.2) is 0 Å². The third-order valence-corrected chi connectivity index (χ3v) is 2.38. The number of carbonyl (C=O) groups is 1. The fourth-order valence-corrected chi connectivity index (χ4v) is 1.46. The van der Waals surface area contributed by atoms with Gasteiger partial charge in [0.1, 0.15) is 12.4 Å². The Hall–Kier alpha value is -2.04. The SMILES string of the molecule is CCO/N=C/c1ccc(OCCCC(=O)OCC)cc1. The van der Waals surface area contributed by atoms with Gasteiger partial charge in [-0.15, -0.1) is 0 Å².